The van der Waals surface area contributed by atoms with Gasteiger partial charge in [0.05, 0.1) is 12.6 Å². The molecule has 1 heterocycles. The predicted octanol–water partition coefficient (Wildman–Crippen LogP) is 3.46. The zero-order chi connectivity index (χ0) is 14.7. The van der Waals surface area contributed by atoms with E-state index in [0.717, 1.165) is 5.56 Å². The zero-order valence-electron chi connectivity index (χ0n) is 11.1. The second kappa shape index (κ2) is 6.05. The molecule has 0 radical (unpaired) electrons. The van der Waals surface area contributed by atoms with Gasteiger partial charge in [-0.2, -0.15) is 9.37 Å². The molecule has 106 valence electrons. The lowest BCUT2D eigenvalue weighted by Gasteiger charge is -2.17. The van der Waals surface area contributed by atoms with Gasteiger partial charge in [0.1, 0.15) is 0 Å². The molecule has 0 bridgehead atoms. The van der Waals surface area contributed by atoms with Crippen LogP contribution in [0.1, 0.15) is 35.9 Å². The Morgan fingerprint density at radius 1 is 1.45 bits per heavy atom. The number of imidazole rings is 1. The molecule has 2 aromatic rings. The van der Waals surface area contributed by atoms with Gasteiger partial charge in [0.15, 0.2) is 5.69 Å². The highest BCUT2D eigenvalue weighted by molar-refractivity contribution is 6.28. The molecule has 0 fully saturated rings. The summed E-state index contributed by atoms with van der Waals surface area (Å²) in [5.41, 5.74) is 0.630. The molecule has 1 aromatic carbocycles. The molecule has 20 heavy (non-hydrogen) atoms. The molecule has 1 atom stereocenters. The van der Waals surface area contributed by atoms with Crippen LogP contribution in [0.15, 0.2) is 30.3 Å². The van der Waals surface area contributed by atoms with Crippen molar-refractivity contribution in [2.24, 2.45) is 0 Å². The van der Waals surface area contributed by atoms with E-state index >= 15 is 0 Å². The van der Waals surface area contributed by atoms with Gasteiger partial charge in [-0.25, -0.2) is 4.79 Å². The van der Waals surface area contributed by atoms with Crippen LogP contribution in [0.5, 0.6) is 0 Å². The third-order valence-electron chi connectivity index (χ3n) is 2.96. The van der Waals surface area contributed by atoms with Gasteiger partial charge in [0.25, 0.3) is 0 Å². The number of hydrogen-bond acceptors (Lipinski definition) is 3. The number of carbonyl (C=O) groups is 1. The molecule has 0 spiro atoms. The second-order valence-corrected chi connectivity index (χ2v) is 4.54. The van der Waals surface area contributed by atoms with Crippen molar-refractivity contribution in [2.45, 2.75) is 19.9 Å². The van der Waals surface area contributed by atoms with E-state index in [1.165, 1.54) is 4.57 Å². The molecule has 0 saturated carbocycles. The predicted molar refractivity (Wildman–Crippen MR) is 73.4 cm³/mol. The van der Waals surface area contributed by atoms with Crippen molar-refractivity contribution >= 4 is 17.6 Å². The first-order chi connectivity index (χ1) is 9.56. The van der Waals surface area contributed by atoms with E-state index < -0.39 is 11.9 Å². The van der Waals surface area contributed by atoms with E-state index in [1.54, 1.807) is 6.92 Å². The number of nitrogens with zero attached hydrogens (tertiary/aromatic N) is 2. The van der Waals surface area contributed by atoms with Gasteiger partial charge in [-0.05, 0) is 31.0 Å². The average molecular weight is 297 g/mol. The van der Waals surface area contributed by atoms with Crippen LogP contribution in [-0.4, -0.2) is 22.1 Å². The fourth-order valence-corrected chi connectivity index (χ4v) is 2.30. The maximum absolute atomic E-state index is 13.8. The normalized spacial score (nSPS) is 12.2. The van der Waals surface area contributed by atoms with Crippen LogP contribution in [0.2, 0.25) is 5.28 Å². The van der Waals surface area contributed by atoms with Crippen LogP contribution in [0.3, 0.4) is 0 Å². The summed E-state index contributed by atoms with van der Waals surface area (Å²) in [6.07, 6.45) is 0. The van der Waals surface area contributed by atoms with Crippen LogP contribution >= 0.6 is 11.6 Å². The number of halogens is 2. The highest BCUT2D eigenvalue weighted by Gasteiger charge is 2.27. The maximum Gasteiger partial charge on any atom is 0.359 e. The summed E-state index contributed by atoms with van der Waals surface area (Å²) in [5.74, 6) is -1.69. The Morgan fingerprint density at radius 2 is 2.10 bits per heavy atom. The van der Waals surface area contributed by atoms with Crippen molar-refractivity contribution in [3.8, 4) is 0 Å². The number of benzene rings is 1. The number of esters is 1. The summed E-state index contributed by atoms with van der Waals surface area (Å²) >= 11 is 5.94. The van der Waals surface area contributed by atoms with Crippen molar-refractivity contribution < 1.29 is 13.9 Å². The van der Waals surface area contributed by atoms with E-state index in [1.807, 2.05) is 37.3 Å². The highest BCUT2D eigenvalue weighted by Crippen LogP contribution is 2.26. The van der Waals surface area contributed by atoms with Gasteiger partial charge in [-0.1, -0.05) is 30.3 Å². The minimum absolute atomic E-state index is 0.0816. The first kappa shape index (κ1) is 14.5. The fourth-order valence-electron chi connectivity index (χ4n) is 2.00. The average Bonchev–Trinajstić information content (AvgIpc) is 2.74. The minimum atomic E-state index is -0.920. The summed E-state index contributed by atoms with van der Waals surface area (Å²) in [4.78, 5) is 15.4. The summed E-state index contributed by atoms with van der Waals surface area (Å²) < 4.78 is 20.0. The summed E-state index contributed by atoms with van der Waals surface area (Å²) in [5, 5.41) is -0.0816. The molecule has 0 aliphatic rings. The largest absolute Gasteiger partial charge is 0.461 e. The first-order valence-electron chi connectivity index (χ1n) is 6.21. The molecule has 0 aliphatic carbocycles. The molecule has 4 nitrogen and oxygen atoms in total. The third kappa shape index (κ3) is 2.67. The molecular weight excluding hydrogens is 283 g/mol. The lowest BCUT2D eigenvalue weighted by atomic mass is 10.1. The van der Waals surface area contributed by atoms with E-state index in [9.17, 15) is 9.18 Å². The molecule has 0 amide bonds. The van der Waals surface area contributed by atoms with Gasteiger partial charge in [-0.3, -0.25) is 4.57 Å². The second-order valence-electron chi connectivity index (χ2n) is 4.20. The van der Waals surface area contributed by atoms with Gasteiger partial charge in [0, 0.05) is 0 Å². The van der Waals surface area contributed by atoms with Crippen LogP contribution in [0, 0.1) is 5.95 Å². The Balaban J connectivity index is 2.48. The molecule has 0 N–H and O–H groups in total. The van der Waals surface area contributed by atoms with Crippen LogP contribution in [0.4, 0.5) is 4.39 Å². The summed E-state index contributed by atoms with van der Waals surface area (Å²) in [6, 6.07) is 8.99. The van der Waals surface area contributed by atoms with Crippen LogP contribution < -0.4 is 0 Å². The topological polar surface area (TPSA) is 44.1 Å². The smallest absolute Gasteiger partial charge is 0.359 e. The molecule has 1 unspecified atom stereocenters. The van der Waals surface area contributed by atoms with Crippen molar-refractivity contribution in [2.75, 3.05) is 6.61 Å². The summed E-state index contributed by atoms with van der Waals surface area (Å²) in [7, 11) is 0. The Labute approximate surface area is 121 Å². The fraction of sp³-hybridized carbons (Fsp3) is 0.286. The quantitative estimate of drug-likeness (QED) is 0.812. The number of ether oxygens (including phenoxy) is 1. The SMILES string of the molecule is CCOC(=O)c1c(F)nc(Cl)n1C(C)c1ccccc1. The van der Waals surface area contributed by atoms with Crippen molar-refractivity contribution in [1.29, 1.82) is 0 Å². The van der Waals surface area contributed by atoms with Crippen molar-refractivity contribution in [3.05, 3.63) is 52.8 Å². The van der Waals surface area contributed by atoms with Gasteiger partial charge >= 0.3 is 5.97 Å². The molecule has 6 heteroatoms. The Kier molecular flexibility index (Phi) is 4.39. The molecular formula is C14H14ClFN2O2. The Morgan fingerprint density at radius 3 is 2.70 bits per heavy atom. The van der Waals surface area contributed by atoms with Gasteiger partial charge < -0.3 is 4.74 Å². The van der Waals surface area contributed by atoms with E-state index in [-0.39, 0.29) is 23.6 Å². The molecule has 0 aliphatic heterocycles. The molecule has 2 rings (SSSR count). The standard InChI is InChI=1S/C14H14ClFN2O2/c1-3-20-13(19)11-12(16)17-14(15)18(11)9(2)10-7-5-4-6-8-10/h4-9H,3H2,1-2H3. The first-order valence-corrected chi connectivity index (χ1v) is 6.59. The van der Waals surface area contributed by atoms with E-state index in [0.29, 0.717) is 0 Å². The Bertz CT molecular complexity index is 613. The number of hydrogen-bond donors (Lipinski definition) is 0. The van der Waals surface area contributed by atoms with E-state index in [2.05, 4.69) is 4.98 Å². The van der Waals surface area contributed by atoms with Crippen LogP contribution in [0.25, 0.3) is 0 Å². The lowest BCUT2D eigenvalue weighted by molar-refractivity contribution is 0.0506. The lowest BCUT2D eigenvalue weighted by Crippen LogP contribution is -2.17. The van der Waals surface area contributed by atoms with Crippen LogP contribution in [-0.2, 0) is 4.74 Å². The number of rotatable bonds is 4. The number of carbonyl (C=O) groups excluding carboxylic acids is 1. The van der Waals surface area contributed by atoms with E-state index in [4.69, 9.17) is 16.3 Å². The maximum atomic E-state index is 13.8. The minimum Gasteiger partial charge on any atom is -0.461 e. The van der Waals surface area contributed by atoms with Gasteiger partial charge in [-0.15, -0.1) is 0 Å². The van der Waals surface area contributed by atoms with Gasteiger partial charge in [0.2, 0.25) is 11.2 Å². The zero-order valence-corrected chi connectivity index (χ0v) is 11.9. The third-order valence-corrected chi connectivity index (χ3v) is 3.23. The monoisotopic (exact) mass is 296 g/mol. The molecule has 1 aromatic heterocycles. The van der Waals surface area contributed by atoms with Crippen molar-refractivity contribution in [3.63, 3.8) is 0 Å². The summed E-state index contributed by atoms with van der Waals surface area (Å²) in [6.45, 7) is 3.62. The molecule has 0 saturated heterocycles. The highest BCUT2D eigenvalue weighted by atomic mass is 35.5. The number of aromatic nitrogens is 2. The Hall–Kier alpha value is -1.88. The van der Waals surface area contributed by atoms with Crippen molar-refractivity contribution in [1.82, 2.24) is 9.55 Å².